The highest BCUT2D eigenvalue weighted by atomic mass is 16.3. The van der Waals surface area contributed by atoms with Gasteiger partial charge in [0.25, 0.3) is 0 Å². The van der Waals surface area contributed by atoms with Crippen LogP contribution in [0.25, 0.3) is 10.9 Å². The van der Waals surface area contributed by atoms with Crippen LogP contribution in [0.3, 0.4) is 0 Å². The summed E-state index contributed by atoms with van der Waals surface area (Å²) in [6, 6.07) is 11.7. The maximum absolute atomic E-state index is 5.76. The normalized spacial score (nSPS) is 10.8. The molecule has 0 saturated carbocycles. The minimum atomic E-state index is 0.758. The molecule has 4 heteroatoms. The standard InChI is InChI=1S/C15H15N3O/c1-18(9-11-6-7-19-10-11)15-5-2-12-8-13(16)3-4-14(12)17-15/h2-8,10H,9,16H2,1H3. The zero-order chi connectivity index (χ0) is 13.2. The minimum Gasteiger partial charge on any atom is -0.472 e. The molecule has 2 aromatic heterocycles. The van der Waals surface area contributed by atoms with Gasteiger partial charge in [-0.2, -0.15) is 0 Å². The van der Waals surface area contributed by atoms with E-state index in [-0.39, 0.29) is 0 Å². The van der Waals surface area contributed by atoms with E-state index in [0.29, 0.717) is 0 Å². The number of benzene rings is 1. The predicted molar refractivity (Wildman–Crippen MR) is 77.0 cm³/mol. The topological polar surface area (TPSA) is 55.3 Å². The molecule has 0 amide bonds. The lowest BCUT2D eigenvalue weighted by Gasteiger charge is -2.17. The van der Waals surface area contributed by atoms with Crippen molar-refractivity contribution < 1.29 is 4.42 Å². The monoisotopic (exact) mass is 253 g/mol. The van der Waals surface area contributed by atoms with Gasteiger partial charge in [0.1, 0.15) is 5.82 Å². The van der Waals surface area contributed by atoms with Gasteiger partial charge in [-0.15, -0.1) is 0 Å². The second-order valence-electron chi connectivity index (χ2n) is 4.61. The molecule has 0 fully saturated rings. The van der Waals surface area contributed by atoms with E-state index in [1.54, 1.807) is 12.5 Å². The molecule has 0 aliphatic carbocycles. The van der Waals surface area contributed by atoms with E-state index < -0.39 is 0 Å². The number of furan rings is 1. The van der Waals surface area contributed by atoms with Crippen LogP contribution >= 0.6 is 0 Å². The van der Waals surface area contributed by atoms with Crippen molar-refractivity contribution in [2.75, 3.05) is 17.7 Å². The molecular weight excluding hydrogens is 238 g/mol. The Kier molecular flexibility index (Phi) is 2.83. The number of anilines is 2. The van der Waals surface area contributed by atoms with E-state index in [1.807, 2.05) is 43.4 Å². The Hall–Kier alpha value is -2.49. The lowest BCUT2D eigenvalue weighted by Crippen LogP contribution is -2.17. The Labute approximate surface area is 111 Å². The van der Waals surface area contributed by atoms with Crippen LogP contribution in [0.2, 0.25) is 0 Å². The Morgan fingerprint density at radius 3 is 2.89 bits per heavy atom. The highest BCUT2D eigenvalue weighted by molar-refractivity contribution is 5.83. The molecule has 0 aliphatic rings. The van der Waals surface area contributed by atoms with Crippen LogP contribution in [0.4, 0.5) is 11.5 Å². The van der Waals surface area contributed by atoms with Crippen LogP contribution in [0.5, 0.6) is 0 Å². The second-order valence-corrected chi connectivity index (χ2v) is 4.61. The number of aromatic nitrogens is 1. The summed E-state index contributed by atoms with van der Waals surface area (Å²) in [5, 5.41) is 1.06. The fourth-order valence-electron chi connectivity index (χ4n) is 2.08. The van der Waals surface area contributed by atoms with Gasteiger partial charge >= 0.3 is 0 Å². The maximum atomic E-state index is 5.76. The maximum Gasteiger partial charge on any atom is 0.129 e. The summed E-state index contributed by atoms with van der Waals surface area (Å²) in [5.74, 6) is 0.929. The van der Waals surface area contributed by atoms with Gasteiger partial charge < -0.3 is 15.1 Å². The third kappa shape index (κ3) is 2.38. The summed E-state index contributed by atoms with van der Waals surface area (Å²) in [5.41, 5.74) is 8.60. The largest absolute Gasteiger partial charge is 0.472 e. The van der Waals surface area contributed by atoms with Crippen LogP contribution in [0, 0.1) is 0 Å². The molecule has 0 unspecified atom stereocenters. The fraction of sp³-hybridized carbons (Fsp3) is 0.133. The van der Waals surface area contributed by atoms with Crippen molar-refractivity contribution in [2.24, 2.45) is 0 Å². The van der Waals surface area contributed by atoms with Crippen molar-refractivity contribution in [2.45, 2.75) is 6.54 Å². The van der Waals surface area contributed by atoms with Crippen LogP contribution < -0.4 is 10.6 Å². The lowest BCUT2D eigenvalue weighted by molar-refractivity contribution is 0.563. The van der Waals surface area contributed by atoms with E-state index in [0.717, 1.165) is 34.5 Å². The van der Waals surface area contributed by atoms with E-state index >= 15 is 0 Å². The number of rotatable bonds is 3. The van der Waals surface area contributed by atoms with Crippen molar-refractivity contribution in [3.8, 4) is 0 Å². The average Bonchev–Trinajstić information content (AvgIpc) is 2.91. The number of pyridine rings is 1. The summed E-state index contributed by atoms with van der Waals surface area (Å²) in [7, 11) is 2.01. The smallest absolute Gasteiger partial charge is 0.129 e. The van der Waals surface area contributed by atoms with Gasteiger partial charge in [-0.1, -0.05) is 0 Å². The average molecular weight is 253 g/mol. The first-order valence-electron chi connectivity index (χ1n) is 6.11. The van der Waals surface area contributed by atoms with Crippen molar-refractivity contribution in [1.29, 1.82) is 0 Å². The molecule has 4 nitrogen and oxygen atoms in total. The van der Waals surface area contributed by atoms with Crippen molar-refractivity contribution in [3.63, 3.8) is 0 Å². The first kappa shape index (κ1) is 11.6. The summed E-state index contributed by atoms with van der Waals surface area (Å²) in [6.45, 7) is 0.768. The molecule has 3 aromatic rings. The van der Waals surface area contributed by atoms with Crippen LogP contribution in [0.1, 0.15) is 5.56 Å². The van der Waals surface area contributed by atoms with Gasteiger partial charge in [0.05, 0.1) is 18.0 Å². The zero-order valence-electron chi connectivity index (χ0n) is 10.7. The Morgan fingerprint density at radius 2 is 2.11 bits per heavy atom. The Bertz CT molecular complexity index is 692. The Balaban J connectivity index is 1.90. The van der Waals surface area contributed by atoms with E-state index in [4.69, 9.17) is 10.2 Å². The summed E-state index contributed by atoms with van der Waals surface area (Å²) in [4.78, 5) is 6.72. The molecule has 2 N–H and O–H groups in total. The number of nitrogens with two attached hydrogens (primary N) is 1. The first-order valence-corrected chi connectivity index (χ1v) is 6.11. The molecule has 0 saturated heterocycles. The van der Waals surface area contributed by atoms with Crippen LogP contribution in [-0.4, -0.2) is 12.0 Å². The molecule has 0 spiro atoms. The molecule has 2 heterocycles. The molecule has 0 atom stereocenters. The number of hydrogen-bond donors (Lipinski definition) is 1. The molecule has 19 heavy (non-hydrogen) atoms. The number of hydrogen-bond acceptors (Lipinski definition) is 4. The SMILES string of the molecule is CN(Cc1ccoc1)c1ccc2cc(N)ccc2n1. The van der Waals surface area contributed by atoms with Crippen molar-refractivity contribution >= 4 is 22.4 Å². The third-order valence-electron chi connectivity index (χ3n) is 3.09. The van der Waals surface area contributed by atoms with Gasteiger partial charge in [0.15, 0.2) is 0 Å². The molecular formula is C15H15N3O. The molecule has 0 aliphatic heterocycles. The van der Waals surface area contributed by atoms with Gasteiger partial charge in [0, 0.05) is 30.2 Å². The van der Waals surface area contributed by atoms with Gasteiger partial charge in [-0.25, -0.2) is 4.98 Å². The second kappa shape index (κ2) is 4.65. The first-order chi connectivity index (χ1) is 9.22. The van der Waals surface area contributed by atoms with Crippen LogP contribution in [-0.2, 0) is 6.54 Å². The summed E-state index contributed by atoms with van der Waals surface area (Å²) < 4.78 is 5.07. The van der Waals surface area contributed by atoms with Gasteiger partial charge in [-0.3, -0.25) is 0 Å². The fourth-order valence-corrected chi connectivity index (χ4v) is 2.08. The third-order valence-corrected chi connectivity index (χ3v) is 3.09. The van der Waals surface area contributed by atoms with Gasteiger partial charge in [0.2, 0.25) is 0 Å². The Morgan fingerprint density at radius 1 is 1.21 bits per heavy atom. The van der Waals surface area contributed by atoms with Crippen LogP contribution in [0.15, 0.2) is 53.3 Å². The van der Waals surface area contributed by atoms with E-state index in [9.17, 15) is 0 Å². The van der Waals surface area contributed by atoms with Gasteiger partial charge in [-0.05, 0) is 36.4 Å². The molecule has 3 rings (SSSR count). The lowest BCUT2D eigenvalue weighted by atomic mass is 10.2. The highest BCUT2D eigenvalue weighted by Crippen LogP contribution is 2.20. The highest BCUT2D eigenvalue weighted by Gasteiger charge is 2.05. The number of fused-ring (bicyclic) bond motifs is 1. The quantitative estimate of drug-likeness (QED) is 0.729. The molecule has 0 radical (unpaired) electrons. The molecule has 0 bridgehead atoms. The number of nitrogen functional groups attached to an aromatic ring is 1. The zero-order valence-corrected chi connectivity index (χ0v) is 10.7. The molecule has 96 valence electrons. The van der Waals surface area contributed by atoms with Crippen molar-refractivity contribution in [1.82, 2.24) is 4.98 Å². The summed E-state index contributed by atoms with van der Waals surface area (Å²) >= 11 is 0. The van der Waals surface area contributed by atoms with E-state index in [2.05, 4.69) is 9.88 Å². The number of nitrogens with zero attached hydrogens (tertiary/aromatic N) is 2. The van der Waals surface area contributed by atoms with E-state index in [1.165, 1.54) is 0 Å². The minimum absolute atomic E-state index is 0.758. The summed E-state index contributed by atoms with van der Waals surface area (Å²) in [6.07, 6.45) is 3.43. The molecule has 1 aromatic carbocycles. The predicted octanol–water partition coefficient (Wildman–Crippen LogP) is 3.05. The van der Waals surface area contributed by atoms with Crippen molar-refractivity contribution in [3.05, 3.63) is 54.5 Å².